The predicted octanol–water partition coefficient (Wildman–Crippen LogP) is 2.47. The van der Waals surface area contributed by atoms with E-state index in [-0.39, 0.29) is 11.7 Å². The Kier molecular flexibility index (Phi) is 3.01. The first-order valence-corrected chi connectivity index (χ1v) is 5.29. The molecule has 0 fully saturated rings. The monoisotopic (exact) mass is 264 g/mol. The van der Waals surface area contributed by atoms with Crippen LogP contribution >= 0.6 is 11.5 Å². The number of nitrogens with zero attached hydrogens (tertiary/aromatic N) is 3. The van der Waals surface area contributed by atoms with Crippen molar-refractivity contribution in [2.45, 2.75) is 19.6 Å². The number of halogens is 3. The maximum absolute atomic E-state index is 12.2. The fraction of sp³-hybridized carbons (Fsp3) is 0.375. The third kappa shape index (κ3) is 2.93. The molecular formula is C8H7F3N4OS. The average Bonchev–Trinajstić information content (AvgIpc) is 2.82. The van der Waals surface area contributed by atoms with Crippen molar-refractivity contribution in [3.63, 3.8) is 0 Å². The van der Waals surface area contributed by atoms with E-state index in [1.807, 2.05) is 0 Å². The quantitative estimate of drug-likeness (QED) is 0.922. The van der Waals surface area contributed by atoms with E-state index in [1.54, 1.807) is 13.0 Å². The summed E-state index contributed by atoms with van der Waals surface area (Å²) in [5, 5.41) is 6.47. The number of aryl methyl sites for hydroxylation is 1. The van der Waals surface area contributed by atoms with Crippen molar-refractivity contribution in [1.82, 2.24) is 14.5 Å². The smallest absolute Gasteiger partial charge is 0.361 e. The SMILES string of the molecule is Cc1cc(CNc2nc(C(F)(F)F)ns2)no1. The Morgan fingerprint density at radius 1 is 1.47 bits per heavy atom. The summed E-state index contributed by atoms with van der Waals surface area (Å²) in [4.78, 5) is 3.32. The van der Waals surface area contributed by atoms with E-state index in [4.69, 9.17) is 4.52 Å². The van der Waals surface area contributed by atoms with Crippen LogP contribution in [-0.2, 0) is 12.7 Å². The Labute approximate surface area is 97.8 Å². The topological polar surface area (TPSA) is 63.8 Å². The molecule has 2 rings (SSSR count). The number of anilines is 1. The summed E-state index contributed by atoms with van der Waals surface area (Å²) in [6, 6.07) is 1.68. The average molecular weight is 264 g/mol. The van der Waals surface area contributed by atoms with Crippen molar-refractivity contribution in [3.8, 4) is 0 Å². The fourth-order valence-electron chi connectivity index (χ4n) is 1.08. The van der Waals surface area contributed by atoms with Gasteiger partial charge in [-0.3, -0.25) is 0 Å². The first-order valence-electron chi connectivity index (χ1n) is 4.52. The highest BCUT2D eigenvalue weighted by molar-refractivity contribution is 7.09. The predicted molar refractivity (Wildman–Crippen MR) is 53.5 cm³/mol. The molecule has 2 aromatic rings. The minimum absolute atomic E-state index is 0.0954. The molecule has 0 radical (unpaired) electrons. The van der Waals surface area contributed by atoms with Gasteiger partial charge in [0.15, 0.2) is 0 Å². The van der Waals surface area contributed by atoms with Crippen LogP contribution in [0.1, 0.15) is 17.3 Å². The molecule has 0 aliphatic carbocycles. The zero-order chi connectivity index (χ0) is 12.5. The lowest BCUT2D eigenvalue weighted by Gasteiger charge is -1.99. The van der Waals surface area contributed by atoms with Crippen LogP contribution in [0.25, 0.3) is 0 Å². The number of aromatic nitrogens is 3. The van der Waals surface area contributed by atoms with Crippen LogP contribution in [0, 0.1) is 6.92 Å². The van der Waals surface area contributed by atoms with E-state index in [2.05, 4.69) is 19.8 Å². The lowest BCUT2D eigenvalue weighted by atomic mass is 10.4. The molecule has 0 unspecified atom stereocenters. The number of hydrogen-bond acceptors (Lipinski definition) is 6. The molecule has 2 aromatic heterocycles. The third-order valence-corrected chi connectivity index (χ3v) is 2.45. The van der Waals surface area contributed by atoms with E-state index in [1.165, 1.54) is 0 Å². The van der Waals surface area contributed by atoms with Crippen LogP contribution < -0.4 is 5.32 Å². The molecule has 0 aliphatic heterocycles. The number of nitrogens with one attached hydrogen (secondary N) is 1. The summed E-state index contributed by atoms with van der Waals surface area (Å²) in [7, 11) is 0. The normalized spacial score (nSPS) is 11.8. The molecule has 0 saturated heterocycles. The van der Waals surface area contributed by atoms with Crippen LogP contribution in [0.3, 0.4) is 0 Å². The van der Waals surface area contributed by atoms with Gasteiger partial charge in [-0.2, -0.15) is 22.5 Å². The van der Waals surface area contributed by atoms with Crippen molar-refractivity contribution in [3.05, 3.63) is 23.3 Å². The van der Waals surface area contributed by atoms with Gasteiger partial charge in [-0.05, 0) is 6.92 Å². The van der Waals surface area contributed by atoms with E-state index < -0.39 is 12.0 Å². The molecule has 5 nitrogen and oxygen atoms in total. The standard InChI is InChI=1S/C8H7F3N4OS/c1-4-2-5(14-16-4)3-12-7-13-6(15-17-7)8(9,10)11/h2H,3H2,1H3,(H,12,13,15). The molecule has 1 N–H and O–H groups in total. The zero-order valence-corrected chi connectivity index (χ0v) is 9.39. The molecule has 92 valence electrons. The molecule has 0 aromatic carbocycles. The highest BCUT2D eigenvalue weighted by Crippen LogP contribution is 2.28. The van der Waals surface area contributed by atoms with Crippen molar-refractivity contribution in [1.29, 1.82) is 0 Å². The Balaban J connectivity index is 1.98. The molecule has 0 bridgehead atoms. The van der Waals surface area contributed by atoms with Gasteiger partial charge in [-0.1, -0.05) is 5.16 Å². The van der Waals surface area contributed by atoms with Gasteiger partial charge in [0, 0.05) is 17.6 Å². The summed E-state index contributed by atoms with van der Waals surface area (Å²) in [5.41, 5.74) is 0.589. The van der Waals surface area contributed by atoms with Crippen molar-refractivity contribution in [2.24, 2.45) is 0 Å². The van der Waals surface area contributed by atoms with Gasteiger partial charge in [0.1, 0.15) is 11.5 Å². The number of hydrogen-bond donors (Lipinski definition) is 1. The van der Waals surface area contributed by atoms with Crippen LogP contribution in [-0.4, -0.2) is 14.5 Å². The van der Waals surface area contributed by atoms with Gasteiger partial charge >= 0.3 is 6.18 Å². The maximum atomic E-state index is 12.2. The Morgan fingerprint density at radius 2 is 2.24 bits per heavy atom. The van der Waals surface area contributed by atoms with Crippen LogP contribution in [0.15, 0.2) is 10.6 Å². The lowest BCUT2D eigenvalue weighted by molar-refractivity contribution is -0.144. The molecule has 9 heteroatoms. The minimum Gasteiger partial charge on any atom is -0.361 e. The van der Waals surface area contributed by atoms with Crippen LogP contribution in [0.2, 0.25) is 0 Å². The van der Waals surface area contributed by atoms with Crippen molar-refractivity contribution < 1.29 is 17.7 Å². The first kappa shape index (κ1) is 11.8. The second kappa shape index (κ2) is 4.32. The third-order valence-electron chi connectivity index (χ3n) is 1.78. The van der Waals surface area contributed by atoms with Crippen molar-refractivity contribution in [2.75, 3.05) is 5.32 Å². The van der Waals surface area contributed by atoms with E-state index in [9.17, 15) is 13.2 Å². The summed E-state index contributed by atoms with van der Waals surface area (Å²) < 4.78 is 44.6. The molecule has 17 heavy (non-hydrogen) atoms. The van der Waals surface area contributed by atoms with E-state index >= 15 is 0 Å². The molecule has 0 saturated carbocycles. The van der Waals surface area contributed by atoms with Gasteiger partial charge in [0.2, 0.25) is 11.0 Å². The maximum Gasteiger partial charge on any atom is 0.452 e. The summed E-state index contributed by atoms with van der Waals surface area (Å²) in [5.74, 6) is -0.503. The molecule has 2 heterocycles. The minimum atomic E-state index is -4.51. The Bertz CT molecular complexity index is 507. The zero-order valence-electron chi connectivity index (χ0n) is 8.58. The summed E-state index contributed by atoms with van der Waals surface area (Å²) in [6.45, 7) is 1.97. The fourth-order valence-corrected chi connectivity index (χ4v) is 1.66. The van der Waals surface area contributed by atoms with Crippen LogP contribution in [0.4, 0.5) is 18.3 Å². The van der Waals surface area contributed by atoms with Gasteiger partial charge in [0.25, 0.3) is 0 Å². The van der Waals surface area contributed by atoms with E-state index in [0.29, 0.717) is 23.0 Å². The summed E-state index contributed by atoms with van der Waals surface area (Å²) >= 11 is 0.652. The van der Waals surface area contributed by atoms with Gasteiger partial charge in [-0.25, -0.2) is 0 Å². The van der Waals surface area contributed by atoms with Crippen molar-refractivity contribution >= 4 is 16.7 Å². The summed E-state index contributed by atoms with van der Waals surface area (Å²) in [6.07, 6.45) is -4.51. The highest BCUT2D eigenvalue weighted by atomic mass is 32.1. The first-order chi connectivity index (χ1) is 7.95. The van der Waals surface area contributed by atoms with E-state index in [0.717, 1.165) is 0 Å². The molecule has 0 aliphatic rings. The Morgan fingerprint density at radius 3 is 2.76 bits per heavy atom. The van der Waals surface area contributed by atoms with Gasteiger partial charge < -0.3 is 9.84 Å². The second-order valence-electron chi connectivity index (χ2n) is 3.20. The van der Waals surface area contributed by atoms with Gasteiger partial charge in [-0.15, -0.1) is 0 Å². The Hall–Kier alpha value is -1.64. The molecular weight excluding hydrogens is 257 g/mol. The number of rotatable bonds is 3. The second-order valence-corrected chi connectivity index (χ2v) is 3.96. The highest BCUT2D eigenvalue weighted by Gasteiger charge is 2.36. The molecule has 0 spiro atoms. The lowest BCUT2D eigenvalue weighted by Crippen LogP contribution is -2.07. The molecule has 0 atom stereocenters. The van der Waals surface area contributed by atoms with Gasteiger partial charge in [0.05, 0.1) is 6.54 Å². The largest absolute Gasteiger partial charge is 0.452 e. The number of alkyl halides is 3. The molecule has 0 amide bonds. The van der Waals surface area contributed by atoms with Crippen LogP contribution in [0.5, 0.6) is 0 Å².